The maximum Gasteiger partial charge on any atom is 0.0456 e. The van der Waals surface area contributed by atoms with Crippen molar-refractivity contribution in [2.75, 3.05) is 6.61 Å². The van der Waals surface area contributed by atoms with Gasteiger partial charge in [-0.3, -0.25) is 0 Å². The number of hydrogen-bond donors (Lipinski definition) is 1. The van der Waals surface area contributed by atoms with Gasteiger partial charge in [-0.1, -0.05) is 27.7 Å². The zero-order valence-electron chi connectivity index (χ0n) is 10.7. The number of aliphatic hydroxyl groups excluding tert-OH is 1. The van der Waals surface area contributed by atoms with Crippen LogP contribution in [0.4, 0.5) is 0 Å². The van der Waals surface area contributed by atoms with Gasteiger partial charge >= 0.3 is 0 Å². The molecule has 0 heterocycles. The molecule has 3 fully saturated rings. The molecule has 1 nitrogen and oxygen atoms in total. The Labute approximate surface area is 94.3 Å². The molecule has 15 heavy (non-hydrogen) atoms. The summed E-state index contributed by atoms with van der Waals surface area (Å²) in [6, 6.07) is 0. The predicted octanol–water partition coefficient (Wildman–Crippen LogP) is 3.32. The topological polar surface area (TPSA) is 20.2 Å². The largest absolute Gasteiger partial charge is 0.396 e. The van der Waals surface area contributed by atoms with Gasteiger partial charge in [0.15, 0.2) is 0 Å². The van der Waals surface area contributed by atoms with Gasteiger partial charge in [-0.05, 0) is 54.3 Å². The van der Waals surface area contributed by atoms with Crippen LogP contribution in [0.3, 0.4) is 0 Å². The van der Waals surface area contributed by atoms with Crippen molar-refractivity contribution in [1.82, 2.24) is 0 Å². The zero-order valence-corrected chi connectivity index (χ0v) is 10.7. The first kappa shape index (κ1) is 11.4. The molecule has 0 radical (unpaired) electrons. The molecular weight excluding hydrogens is 184 g/mol. The van der Waals surface area contributed by atoms with Crippen LogP contribution in [-0.2, 0) is 0 Å². The average molecular weight is 210 g/mol. The van der Waals surface area contributed by atoms with Crippen LogP contribution in [0.15, 0.2) is 0 Å². The van der Waals surface area contributed by atoms with E-state index >= 15 is 0 Å². The summed E-state index contributed by atoms with van der Waals surface area (Å²) in [5, 5.41) is 9.13. The summed E-state index contributed by atoms with van der Waals surface area (Å²) >= 11 is 0. The Balaban J connectivity index is 1.96. The van der Waals surface area contributed by atoms with E-state index in [1.165, 1.54) is 19.3 Å². The molecule has 3 rings (SSSR count). The Kier molecular flexibility index (Phi) is 2.87. The minimum absolute atomic E-state index is 0.363. The second-order valence-electron chi connectivity index (χ2n) is 6.74. The van der Waals surface area contributed by atoms with E-state index in [2.05, 4.69) is 27.7 Å². The maximum atomic E-state index is 9.13. The normalized spacial score (nSPS) is 44.6. The molecule has 0 aromatic rings. The summed E-state index contributed by atoms with van der Waals surface area (Å²) in [6.07, 6.45) is 4.12. The fourth-order valence-corrected chi connectivity index (χ4v) is 4.16. The summed E-state index contributed by atoms with van der Waals surface area (Å²) in [5.41, 5.74) is 0.609. The summed E-state index contributed by atoms with van der Waals surface area (Å²) in [5.74, 6) is 4.17. The van der Waals surface area contributed by atoms with Crippen LogP contribution < -0.4 is 0 Å². The molecule has 0 aromatic carbocycles. The van der Waals surface area contributed by atoms with E-state index in [1.807, 2.05) is 0 Å². The maximum absolute atomic E-state index is 9.13. The fourth-order valence-electron chi connectivity index (χ4n) is 4.16. The van der Waals surface area contributed by atoms with Crippen molar-refractivity contribution >= 4 is 0 Å². The highest BCUT2D eigenvalue weighted by Gasteiger charge is 2.55. The van der Waals surface area contributed by atoms with Gasteiger partial charge in [0.25, 0.3) is 0 Å². The van der Waals surface area contributed by atoms with Crippen molar-refractivity contribution in [1.29, 1.82) is 0 Å². The molecule has 0 aromatic heterocycles. The van der Waals surface area contributed by atoms with Gasteiger partial charge in [-0.2, -0.15) is 0 Å². The molecule has 88 valence electrons. The highest BCUT2D eigenvalue weighted by molar-refractivity contribution is 5.04. The van der Waals surface area contributed by atoms with E-state index in [1.54, 1.807) is 0 Å². The van der Waals surface area contributed by atoms with Gasteiger partial charge in [-0.25, -0.2) is 0 Å². The minimum atomic E-state index is 0.363. The van der Waals surface area contributed by atoms with E-state index in [-0.39, 0.29) is 0 Å². The van der Waals surface area contributed by atoms with Crippen molar-refractivity contribution < 1.29 is 5.11 Å². The first-order chi connectivity index (χ1) is 6.96. The van der Waals surface area contributed by atoms with E-state index in [0.717, 1.165) is 23.7 Å². The monoisotopic (exact) mass is 210 g/mol. The number of aliphatic hydroxyl groups is 1. The average Bonchev–Trinajstić information content (AvgIpc) is 2.19. The number of rotatable bonds is 3. The second-order valence-corrected chi connectivity index (χ2v) is 6.74. The van der Waals surface area contributed by atoms with Gasteiger partial charge < -0.3 is 5.11 Å². The van der Waals surface area contributed by atoms with Crippen molar-refractivity contribution in [2.45, 2.75) is 47.0 Å². The molecule has 2 bridgehead atoms. The van der Waals surface area contributed by atoms with Gasteiger partial charge in [0.1, 0.15) is 0 Å². The molecule has 5 atom stereocenters. The Hall–Kier alpha value is -0.0400. The molecule has 0 unspecified atom stereocenters. The van der Waals surface area contributed by atoms with E-state index < -0.39 is 0 Å². The lowest BCUT2D eigenvalue weighted by Gasteiger charge is -2.62. The van der Waals surface area contributed by atoms with E-state index in [0.29, 0.717) is 17.9 Å². The van der Waals surface area contributed by atoms with E-state index in [4.69, 9.17) is 5.11 Å². The Morgan fingerprint density at radius 1 is 1.33 bits per heavy atom. The van der Waals surface area contributed by atoms with Gasteiger partial charge in [0, 0.05) is 6.61 Å². The first-order valence-electron chi connectivity index (χ1n) is 6.57. The third-order valence-corrected chi connectivity index (χ3v) is 5.53. The summed E-state index contributed by atoms with van der Waals surface area (Å²) in [4.78, 5) is 0. The van der Waals surface area contributed by atoms with Crippen molar-refractivity contribution in [2.24, 2.45) is 35.0 Å². The van der Waals surface area contributed by atoms with Gasteiger partial charge in [0.2, 0.25) is 0 Å². The van der Waals surface area contributed by atoms with Crippen LogP contribution in [0.5, 0.6) is 0 Å². The molecule has 3 saturated carbocycles. The van der Waals surface area contributed by atoms with Crippen LogP contribution in [0.1, 0.15) is 47.0 Å². The molecular formula is C14H26O. The molecule has 0 saturated heterocycles. The minimum Gasteiger partial charge on any atom is -0.396 e. The zero-order chi connectivity index (χ0) is 11.2. The first-order valence-corrected chi connectivity index (χ1v) is 6.57. The number of fused-ring (bicyclic) bond motifs is 2. The lowest BCUT2D eigenvalue weighted by atomic mass is 9.43. The lowest BCUT2D eigenvalue weighted by molar-refractivity contribution is -0.132. The van der Waals surface area contributed by atoms with E-state index in [9.17, 15) is 0 Å². The molecule has 3 aliphatic rings. The molecule has 0 amide bonds. The van der Waals surface area contributed by atoms with Crippen LogP contribution in [-0.4, -0.2) is 11.7 Å². The molecule has 0 aliphatic heterocycles. The molecule has 1 heteroatoms. The van der Waals surface area contributed by atoms with Crippen molar-refractivity contribution in [3.8, 4) is 0 Å². The number of hydrogen-bond acceptors (Lipinski definition) is 1. The van der Waals surface area contributed by atoms with Crippen molar-refractivity contribution in [3.63, 3.8) is 0 Å². The Morgan fingerprint density at radius 3 is 2.47 bits per heavy atom. The summed E-state index contributed by atoms with van der Waals surface area (Å²) in [7, 11) is 0. The summed E-state index contributed by atoms with van der Waals surface area (Å²) in [6.45, 7) is 9.89. The van der Waals surface area contributed by atoms with Gasteiger partial charge in [-0.15, -0.1) is 0 Å². The highest BCUT2D eigenvalue weighted by Crippen LogP contribution is 2.63. The standard InChI is InChI=1S/C14H26O/c1-9(8-15)5-11-6-12-7-13(10(11)2)14(12,3)4/h9-13,15H,5-8H2,1-4H3/t9-,10+,11-,12-,13-/m0/s1. The smallest absolute Gasteiger partial charge is 0.0456 e. The van der Waals surface area contributed by atoms with Crippen molar-refractivity contribution in [3.05, 3.63) is 0 Å². The van der Waals surface area contributed by atoms with Crippen LogP contribution >= 0.6 is 0 Å². The molecule has 1 N–H and O–H groups in total. The quantitative estimate of drug-likeness (QED) is 0.757. The van der Waals surface area contributed by atoms with Crippen LogP contribution in [0.25, 0.3) is 0 Å². The Morgan fingerprint density at radius 2 is 2.00 bits per heavy atom. The second kappa shape index (κ2) is 3.76. The fraction of sp³-hybridized carbons (Fsp3) is 1.00. The summed E-state index contributed by atoms with van der Waals surface area (Å²) < 4.78 is 0. The lowest BCUT2D eigenvalue weighted by Crippen LogP contribution is -2.55. The SMILES string of the molecule is C[C@H](CO)C[C@H]1C[C@H]2C[C@@H]([C@@H]1C)C2(C)C. The van der Waals surface area contributed by atoms with Crippen LogP contribution in [0.2, 0.25) is 0 Å². The molecule has 0 spiro atoms. The van der Waals surface area contributed by atoms with Gasteiger partial charge in [0.05, 0.1) is 0 Å². The molecule has 3 aliphatic carbocycles. The Bertz CT molecular complexity index is 233. The van der Waals surface area contributed by atoms with Crippen LogP contribution in [0, 0.1) is 35.0 Å². The highest BCUT2D eigenvalue weighted by atomic mass is 16.3. The third kappa shape index (κ3) is 1.73. The predicted molar refractivity (Wildman–Crippen MR) is 63.5 cm³/mol. The third-order valence-electron chi connectivity index (χ3n) is 5.53.